The van der Waals surface area contributed by atoms with Crippen LogP contribution < -0.4 is 16.0 Å². The van der Waals surface area contributed by atoms with Gasteiger partial charge in [0.05, 0.1) is 15.5 Å². The molecule has 1 aliphatic heterocycles. The number of pyridine rings is 1. The van der Waals surface area contributed by atoms with Gasteiger partial charge in [-0.15, -0.1) is 0 Å². The van der Waals surface area contributed by atoms with Crippen LogP contribution in [0.25, 0.3) is 0 Å². The number of halogens is 1. The van der Waals surface area contributed by atoms with E-state index >= 15 is 0 Å². The van der Waals surface area contributed by atoms with Crippen molar-refractivity contribution in [2.45, 2.75) is 18.9 Å². The van der Waals surface area contributed by atoms with Crippen molar-refractivity contribution in [2.24, 2.45) is 0 Å². The van der Waals surface area contributed by atoms with E-state index in [2.05, 4.69) is 53.5 Å². The summed E-state index contributed by atoms with van der Waals surface area (Å²) in [5.74, 6) is 1.35. The first-order chi connectivity index (χ1) is 11.2. The van der Waals surface area contributed by atoms with Gasteiger partial charge < -0.3 is 16.0 Å². The Morgan fingerprint density at radius 1 is 1.22 bits per heavy atom. The van der Waals surface area contributed by atoms with E-state index in [9.17, 15) is 0 Å². The van der Waals surface area contributed by atoms with Gasteiger partial charge in [-0.1, -0.05) is 0 Å². The second kappa shape index (κ2) is 7.52. The third kappa shape index (κ3) is 4.27. The predicted molar refractivity (Wildman–Crippen MR) is 96.5 cm³/mol. The molecule has 118 valence electrons. The molecule has 8 heteroatoms. The number of nitrogens with zero attached hydrogens (tertiary/aromatic N) is 4. The summed E-state index contributed by atoms with van der Waals surface area (Å²) >= 11 is 2.23. The standard InChI is InChI=1S/C15H16IN7/c16-13-9-20-15(22-12-2-1-11(7-17)19-8-12)23-14(13)21-10-3-5-18-6-4-10/h1-2,8-10,18H,3-6H2,(H2,20,21,22,23). The molecule has 3 rings (SSSR count). The van der Waals surface area contributed by atoms with Crippen molar-refractivity contribution in [3.05, 3.63) is 33.8 Å². The van der Waals surface area contributed by atoms with Crippen molar-refractivity contribution in [3.8, 4) is 6.07 Å². The number of anilines is 3. The van der Waals surface area contributed by atoms with Crippen molar-refractivity contribution in [3.63, 3.8) is 0 Å². The molecule has 0 aromatic carbocycles. The van der Waals surface area contributed by atoms with Gasteiger partial charge in [0, 0.05) is 12.2 Å². The van der Waals surface area contributed by atoms with E-state index in [-0.39, 0.29) is 0 Å². The summed E-state index contributed by atoms with van der Waals surface area (Å²) in [4.78, 5) is 12.9. The zero-order valence-corrected chi connectivity index (χ0v) is 14.5. The van der Waals surface area contributed by atoms with E-state index in [1.54, 1.807) is 24.5 Å². The Kier molecular flexibility index (Phi) is 5.19. The molecule has 23 heavy (non-hydrogen) atoms. The Balaban J connectivity index is 1.72. The topological polar surface area (TPSA) is 98.5 Å². The summed E-state index contributed by atoms with van der Waals surface area (Å²) in [5, 5.41) is 18.7. The fourth-order valence-electron chi connectivity index (χ4n) is 2.35. The summed E-state index contributed by atoms with van der Waals surface area (Å²) in [7, 11) is 0. The van der Waals surface area contributed by atoms with Gasteiger partial charge in [0.15, 0.2) is 0 Å². The quantitative estimate of drug-likeness (QED) is 0.652. The number of piperidine rings is 1. The lowest BCUT2D eigenvalue weighted by Crippen LogP contribution is -2.35. The number of aromatic nitrogens is 3. The molecule has 0 unspecified atom stereocenters. The van der Waals surface area contributed by atoms with Gasteiger partial charge in [0.1, 0.15) is 17.6 Å². The molecule has 1 saturated heterocycles. The molecule has 0 aliphatic carbocycles. The van der Waals surface area contributed by atoms with Gasteiger partial charge in [-0.05, 0) is 60.7 Å². The van der Waals surface area contributed by atoms with E-state index < -0.39 is 0 Å². The fraction of sp³-hybridized carbons (Fsp3) is 0.333. The zero-order valence-electron chi connectivity index (χ0n) is 12.4. The molecule has 7 nitrogen and oxygen atoms in total. The van der Waals surface area contributed by atoms with Crippen LogP contribution >= 0.6 is 22.6 Å². The highest BCUT2D eigenvalue weighted by Gasteiger charge is 2.15. The fourth-order valence-corrected chi connectivity index (χ4v) is 2.77. The van der Waals surface area contributed by atoms with Gasteiger partial charge >= 0.3 is 0 Å². The Hall–Kier alpha value is -1.99. The van der Waals surface area contributed by atoms with Crippen molar-refractivity contribution < 1.29 is 0 Å². The van der Waals surface area contributed by atoms with Crippen LogP contribution in [0.3, 0.4) is 0 Å². The number of hydrogen-bond donors (Lipinski definition) is 3. The van der Waals surface area contributed by atoms with Crippen molar-refractivity contribution in [1.82, 2.24) is 20.3 Å². The highest BCUT2D eigenvalue weighted by Crippen LogP contribution is 2.21. The first-order valence-corrected chi connectivity index (χ1v) is 8.45. The Morgan fingerprint density at radius 3 is 2.74 bits per heavy atom. The minimum Gasteiger partial charge on any atom is -0.366 e. The molecule has 0 saturated carbocycles. The van der Waals surface area contributed by atoms with Gasteiger partial charge in [0.25, 0.3) is 0 Å². The van der Waals surface area contributed by atoms with Gasteiger partial charge in [-0.2, -0.15) is 10.2 Å². The van der Waals surface area contributed by atoms with Crippen LogP contribution in [0.5, 0.6) is 0 Å². The molecule has 3 heterocycles. The molecule has 0 atom stereocenters. The molecule has 1 fully saturated rings. The molecule has 0 radical (unpaired) electrons. The van der Waals surface area contributed by atoms with Gasteiger partial charge in [-0.25, -0.2) is 9.97 Å². The predicted octanol–water partition coefficient (Wildman–Crippen LogP) is 2.26. The van der Waals surface area contributed by atoms with Gasteiger partial charge in [-0.3, -0.25) is 0 Å². The van der Waals surface area contributed by atoms with Crippen molar-refractivity contribution in [2.75, 3.05) is 23.7 Å². The zero-order chi connectivity index (χ0) is 16.1. The average molecular weight is 421 g/mol. The lowest BCUT2D eigenvalue weighted by molar-refractivity contribution is 0.478. The number of hydrogen-bond acceptors (Lipinski definition) is 7. The first-order valence-electron chi connectivity index (χ1n) is 7.37. The Morgan fingerprint density at radius 2 is 2.04 bits per heavy atom. The monoisotopic (exact) mass is 421 g/mol. The normalized spacial score (nSPS) is 15.0. The summed E-state index contributed by atoms with van der Waals surface area (Å²) in [5.41, 5.74) is 1.13. The number of rotatable bonds is 4. The molecule has 1 aliphatic rings. The van der Waals surface area contributed by atoms with E-state index in [4.69, 9.17) is 5.26 Å². The minimum absolute atomic E-state index is 0.382. The molecule has 0 bridgehead atoms. The highest BCUT2D eigenvalue weighted by molar-refractivity contribution is 14.1. The third-order valence-electron chi connectivity index (χ3n) is 3.56. The Bertz CT molecular complexity index is 705. The molecular formula is C15H16IN7. The summed E-state index contributed by atoms with van der Waals surface area (Å²) in [6.45, 7) is 2.06. The smallest absolute Gasteiger partial charge is 0.229 e. The highest BCUT2D eigenvalue weighted by atomic mass is 127. The molecule has 2 aromatic rings. The maximum Gasteiger partial charge on any atom is 0.229 e. The molecular weight excluding hydrogens is 405 g/mol. The summed E-state index contributed by atoms with van der Waals surface area (Å²) in [6, 6.07) is 5.87. The third-order valence-corrected chi connectivity index (χ3v) is 4.35. The van der Waals surface area contributed by atoms with Crippen LogP contribution in [-0.4, -0.2) is 34.1 Å². The first kappa shape index (κ1) is 15.9. The second-order valence-corrected chi connectivity index (χ2v) is 6.39. The van der Waals surface area contributed by atoms with E-state index in [0.29, 0.717) is 17.7 Å². The van der Waals surface area contributed by atoms with E-state index in [0.717, 1.165) is 41.0 Å². The van der Waals surface area contributed by atoms with Crippen LogP contribution in [0.15, 0.2) is 24.5 Å². The lowest BCUT2D eigenvalue weighted by Gasteiger charge is -2.24. The maximum absolute atomic E-state index is 8.77. The summed E-state index contributed by atoms with van der Waals surface area (Å²) < 4.78 is 0.990. The SMILES string of the molecule is N#Cc1ccc(Nc2ncc(I)c(NC3CCNCC3)n2)cn1. The number of nitriles is 1. The largest absolute Gasteiger partial charge is 0.366 e. The maximum atomic E-state index is 8.77. The van der Waals surface area contributed by atoms with Crippen LogP contribution in [0.4, 0.5) is 17.5 Å². The van der Waals surface area contributed by atoms with E-state index in [1.165, 1.54) is 0 Å². The molecule has 2 aromatic heterocycles. The minimum atomic E-state index is 0.382. The van der Waals surface area contributed by atoms with Crippen molar-refractivity contribution in [1.29, 1.82) is 5.26 Å². The Labute approximate surface area is 148 Å². The van der Waals surface area contributed by atoms with E-state index in [1.807, 2.05) is 6.07 Å². The lowest BCUT2D eigenvalue weighted by atomic mass is 10.1. The molecule has 0 amide bonds. The van der Waals surface area contributed by atoms with Crippen LogP contribution in [0.1, 0.15) is 18.5 Å². The van der Waals surface area contributed by atoms with Crippen LogP contribution in [-0.2, 0) is 0 Å². The molecule has 3 N–H and O–H groups in total. The summed E-state index contributed by atoms with van der Waals surface area (Å²) in [6.07, 6.45) is 5.56. The molecule has 0 spiro atoms. The average Bonchev–Trinajstić information content (AvgIpc) is 2.59. The van der Waals surface area contributed by atoms with Crippen molar-refractivity contribution >= 4 is 40.0 Å². The van der Waals surface area contributed by atoms with Gasteiger partial charge in [0.2, 0.25) is 5.95 Å². The number of nitrogens with one attached hydrogen (secondary N) is 3. The van der Waals surface area contributed by atoms with Crippen LogP contribution in [0, 0.1) is 14.9 Å². The second-order valence-electron chi connectivity index (χ2n) is 5.23. The van der Waals surface area contributed by atoms with Crippen LogP contribution in [0.2, 0.25) is 0 Å².